The fraction of sp³-hybridized carbons (Fsp3) is 0.318. The quantitative estimate of drug-likeness (QED) is 0.590. The zero-order valence-corrected chi connectivity index (χ0v) is 17.0. The van der Waals surface area contributed by atoms with Gasteiger partial charge >= 0.3 is 6.18 Å². The van der Waals surface area contributed by atoms with Crippen LogP contribution in [0.5, 0.6) is 0 Å². The summed E-state index contributed by atoms with van der Waals surface area (Å²) in [5, 5.41) is 4.94. The summed E-state index contributed by atoms with van der Waals surface area (Å²) in [6.07, 6.45) is -4.14. The van der Waals surface area contributed by atoms with Gasteiger partial charge in [-0.15, -0.1) is 0 Å². The van der Waals surface area contributed by atoms with E-state index in [4.69, 9.17) is 0 Å². The van der Waals surface area contributed by atoms with E-state index in [1.165, 1.54) is 17.0 Å². The molecule has 6 nitrogen and oxygen atoms in total. The number of halogens is 3. The molecule has 0 bridgehead atoms. The highest BCUT2D eigenvalue weighted by molar-refractivity contribution is 5.95. The van der Waals surface area contributed by atoms with Crippen molar-refractivity contribution >= 4 is 23.4 Å². The van der Waals surface area contributed by atoms with E-state index in [0.29, 0.717) is 12.0 Å². The first-order valence-electron chi connectivity index (χ1n) is 9.79. The highest BCUT2D eigenvalue weighted by Crippen LogP contribution is 2.34. The lowest BCUT2D eigenvalue weighted by Gasteiger charge is -2.21. The van der Waals surface area contributed by atoms with Crippen LogP contribution in [0.2, 0.25) is 0 Å². The number of para-hydroxylation sites is 1. The smallest absolute Gasteiger partial charge is 0.352 e. The number of carbonyl (C=O) groups excluding carboxylic acids is 3. The van der Waals surface area contributed by atoms with Crippen LogP contribution >= 0.6 is 0 Å². The van der Waals surface area contributed by atoms with Crippen LogP contribution in [-0.2, 0) is 15.8 Å². The summed E-state index contributed by atoms with van der Waals surface area (Å²) in [4.78, 5) is 37.8. The molecule has 3 amide bonds. The van der Waals surface area contributed by atoms with Gasteiger partial charge in [-0.3, -0.25) is 14.4 Å². The van der Waals surface area contributed by atoms with Crippen molar-refractivity contribution in [3.63, 3.8) is 0 Å². The fourth-order valence-corrected chi connectivity index (χ4v) is 2.87. The van der Waals surface area contributed by atoms with Gasteiger partial charge in [-0.25, -0.2) is 0 Å². The lowest BCUT2D eigenvalue weighted by atomic mass is 10.1. The number of hydrogen-bond donors (Lipinski definition) is 2. The van der Waals surface area contributed by atoms with Crippen molar-refractivity contribution in [3.8, 4) is 0 Å². The molecule has 0 atom stereocenters. The Kier molecular flexibility index (Phi) is 8.60. The predicted molar refractivity (Wildman–Crippen MR) is 110 cm³/mol. The summed E-state index contributed by atoms with van der Waals surface area (Å²) in [6.45, 7) is 1.82. The summed E-state index contributed by atoms with van der Waals surface area (Å²) < 4.78 is 39.1. The standard InChI is InChI=1S/C22H24F3N3O3/c1-2-28(15-19(29)27-18-12-7-6-11-17(18)22(23,24)25)20(30)13-8-14-26-21(31)16-9-4-3-5-10-16/h3-7,9-12H,2,8,13-15H2,1H3,(H,26,31)(H,27,29). The van der Waals surface area contributed by atoms with Crippen molar-refractivity contribution in [1.82, 2.24) is 10.2 Å². The molecule has 0 aliphatic carbocycles. The minimum atomic E-state index is -4.60. The van der Waals surface area contributed by atoms with Crippen LogP contribution in [0.15, 0.2) is 54.6 Å². The maximum absolute atomic E-state index is 13.0. The summed E-state index contributed by atoms with van der Waals surface area (Å²) in [6, 6.07) is 13.3. The van der Waals surface area contributed by atoms with Gasteiger partial charge in [0, 0.05) is 25.1 Å². The summed E-state index contributed by atoms with van der Waals surface area (Å²) in [5.74, 6) is -1.29. The number of likely N-dealkylation sites (N-methyl/N-ethyl adjacent to an activating group) is 1. The first-order chi connectivity index (χ1) is 14.7. The molecular weight excluding hydrogens is 411 g/mol. The lowest BCUT2D eigenvalue weighted by Crippen LogP contribution is -2.38. The number of nitrogens with zero attached hydrogens (tertiary/aromatic N) is 1. The number of amides is 3. The van der Waals surface area contributed by atoms with Gasteiger partial charge in [-0.05, 0) is 37.6 Å². The Morgan fingerprint density at radius 1 is 0.968 bits per heavy atom. The Morgan fingerprint density at radius 3 is 2.26 bits per heavy atom. The molecule has 2 rings (SSSR count). The maximum atomic E-state index is 13.0. The Labute approximate surface area is 178 Å². The second-order valence-corrected chi connectivity index (χ2v) is 6.72. The van der Waals surface area contributed by atoms with Crippen LogP contribution in [0, 0.1) is 0 Å². The van der Waals surface area contributed by atoms with Gasteiger partial charge in [-0.1, -0.05) is 30.3 Å². The first kappa shape index (κ1) is 23.9. The molecule has 0 saturated heterocycles. The molecule has 2 aromatic rings. The monoisotopic (exact) mass is 435 g/mol. The van der Waals surface area contributed by atoms with Gasteiger partial charge in [0.05, 0.1) is 17.8 Å². The molecule has 0 spiro atoms. The molecule has 2 aromatic carbocycles. The molecule has 0 aromatic heterocycles. The largest absolute Gasteiger partial charge is 0.418 e. The van der Waals surface area contributed by atoms with E-state index < -0.39 is 17.6 Å². The molecular formula is C22H24F3N3O3. The fourth-order valence-electron chi connectivity index (χ4n) is 2.87. The number of hydrogen-bond acceptors (Lipinski definition) is 3. The third kappa shape index (κ3) is 7.44. The molecule has 0 aliphatic heterocycles. The SMILES string of the molecule is CCN(CC(=O)Nc1ccccc1C(F)(F)F)C(=O)CCCNC(=O)c1ccccc1. The number of anilines is 1. The number of nitrogens with one attached hydrogen (secondary N) is 2. The Hall–Kier alpha value is -3.36. The van der Waals surface area contributed by atoms with E-state index in [-0.39, 0.29) is 43.6 Å². The molecule has 31 heavy (non-hydrogen) atoms. The van der Waals surface area contributed by atoms with Crippen LogP contribution in [-0.4, -0.2) is 42.3 Å². The van der Waals surface area contributed by atoms with Crippen molar-refractivity contribution < 1.29 is 27.6 Å². The second kappa shape index (κ2) is 11.1. The van der Waals surface area contributed by atoms with E-state index >= 15 is 0 Å². The van der Waals surface area contributed by atoms with Crippen molar-refractivity contribution in [1.29, 1.82) is 0 Å². The molecule has 0 unspecified atom stereocenters. The van der Waals surface area contributed by atoms with Crippen LogP contribution in [0.4, 0.5) is 18.9 Å². The van der Waals surface area contributed by atoms with E-state index in [2.05, 4.69) is 10.6 Å². The van der Waals surface area contributed by atoms with Crippen molar-refractivity contribution in [2.24, 2.45) is 0 Å². The average molecular weight is 435 g/mol. The van der Waals surface area contributed by atoms with Crippen LogP contribution in [0.25, 0.3) is 0 Å². The molecule has 0 radical (unpaired) electrons. The first-order valence-corrected chi connectivity index (χ1v) is 9.79. The normalized spacial score (nSPS) is 11.0. The van der Waals surface area contributed by atoms with Crippen LogP contribution in [0.3, 0.4) is 0 Å². The Balaban J connectivity index is 1.82. The second-order valence-electron chi connectivity index (χ2n) is 6.72. The van der Waals surface area contributed by atoms with Crippen molar-refractivity contribution in [2.45, 2.75) is 25.9 Å². The minimum absolute atomic E-state index is 0.0926. The molecule has 2 N–H and O–H groups in total. The molecule has 0 heterocycles. The molecule has 0 fully saturated rings. The van der Waals surface area contributed by atoms with Gasteiger partial charge in [-0.2, -0.15) is 13.2 Å². The molecule has 9 heteroatoms. The third-order valence-corrected chi connectivity index (χ3v) is 4.46. The Bertz CT molecular complexity index is 902. The zero-order valence-electron chi connectivity index (χ0n) is 17.0. The number of rotatable bonds is 9. The summed E-state index contributed by atoms with van der Waals surface area (Å²) in [5.41, 5.74) is -0.793. The van der Waals surface area contributed by atoms with Crippen molar-refractivity contribution in [2.75, 3.05) is 25.0 Å². The van der Waals surface area contributed by atoms with Gasteiger partial charge in [0.25, 0.3) is 5.91 Å². The third-order valence-electron chi connectivity index (χ3n) is 4.46. The maximum Gasteiger partial charge on any atom is 0.418 e. The minimum Gasteiger partial charge on any atom is -0.352 e. The van der Waals surface area contributed by atoms with Gasteiger partial charge < -0.3 is 15.5 Å². The highest BCUT2D eigenvalue weighted by atomic mass is 19.4. The Morgan fingerprint density at radius 2 is 1.61 bits per heavy atom. The molecule has 166 valence electrons. The van der Waals surface area contributed by atoms with Gasteiger partial charge in [0.2, 0.25) is 11.8 Å². The predicted octanol–water partition coefficient (Wildman–Crippen LogP) is 3.70. The van der Waals surface area contributed by atoms with Crippen LogP contribution in [0.1, 0.15) is 35.7 Å². The topological polar surface area (TPSA) is 78.5 Å². The van der Waals surface area contributed by atoms with Crippen LogP contribution < -0.4 is 10.6 Å². The molecule has 0 aliphatic rings. The van der Waals surface area contributed by atoms with E-state index in [1.807, 2.05) is 0 Å². The van der Waals surface area contributed by atoms with Gasteiger partial charge in [0.15, 0.2) is 0 Å². The highest BCUT2D eigenvalue weighted by Gasteiger charge is 2.33. The van der Waals surface area contributed by atoms with Crippen molar-refractivity contribution in [3.05, 3.63) is 65.7 Å². The van der Waals surface area contributed by atoms with E-state index in [1.54, 1.807) is 37.3 Å². The zero-order chi connectivity index (χ0) is 22.9. The van der Waals surface area contributed by atoms with Gasteiger partial charge in [0.1, 0.15) is 0 Å². The average Bonchev–Trinajstić information content (AvgIpc) is 2.75. The molecule has 0 saturated carbocycles. The summed E-state index contributed by atoms with van der Waals surface area (Å²) in [7, 11) is 0. The van der Waals surface area contributed by atoms with E-state index in [0.717, 1.165) is 12.1 Å². The number of benzene rings is 2. The number of carbonyl (C=O) groups is 3. The van der Waals surface area contributed by atoms with E-state index in [9.17, 15) is 27.6 Å². The summed E-state index contributed by atoms with van der Waals surface area (Å²) >= 11 is 0. The number of alkyl halides is 3. The lowest BCUT2D eigenvalue weighted by molar-refractivity contribution is -0.137.